The molecule has 33 heavy (non-hydrogen) atoms. The van der Waals surface area contributed by atoms with Crippen molar-refractivity contribution < 1.29 is 28.7 Å². The van der Waals surface area contributed by atoms with Gasteiger partial charge in [0.2, 0.25) is 0 Å². The summed E-state index contributed by atoms with van der Waals surface area (Å²) in [5.41, 5.74) is 2.59. The number of anilines is 2. The molecule has 0 radical (unpaired) electrons. The maximum Gasteiger partial charge on any atom is 0.338 e. The van der Waals surface area contributed by atoms with Crippen molar-refractivity contribution in [2.45, 2.75) is 6.92 Å². The minimum atomic E-state index is -0.713. The molecule has 0 aromatic heterocycles. The molecule has 4 rings (SSSR count). The Morgan fingerprint density at radius 3 is 2.15 bits per heavy atom. The topological polar surface area (TPSA) is 102 Å². The molecule has 0 spiro atoms. The molecule has 0 saturated carbocycles. The zero-order valence-electron chi connectivity index (χ0n) is 18.0. The van der Waals surface area contributed by atoms with Gasteiger partial charge in [-0.25, -0.2) is 9.69 Å². The molecule has 0 fully saturated rings. The summed E-state index contributed by atoms with van der Waals surface area (Å²) < 4.78 is 10.3. The molecule has 0 atom stereocenters. The number of rotatable bonds is 6. The third-order valence-corrected chi connectivity index (χ3v) is 5.12. The summed E-state index contributed by atoms with van der Waals surface area (Å²) in [4.78, 5) is 50.8. The van der Waals surface area contributed by atoms with Gasteiger partial charge in [-0.1, -0.05) is 18.2 Å². The van der Waals surface area contributed by atoms with Crippen LogP contribution >= 0.6 is 0 Å². The molecule has 8 nitrogen and oxygen atoms in total. The molecule has 1 N–H and O–H groups in total. The van der Waals surface area contributed by atoms with E-state index in [0.717, 1.165) is 10.5 Å². The summed E-state index contributed by atoms with van der Waals surface area (Å²) in [6.45, 7) is 1.39. The first-order valence-electron chi connectivity index (χ1n) is 10.1. The lowest BCUT2D eigenvalue weighted by molar-refractivity contribution is -0.119. The van der Waals surface area contributed by atoms with Crippen LogP contribution in [0.25, 0.3) is 0 Å². The van der Waals surface area contributed by atoms with Crippen molar-refractivity contribution in [3.05, 3.63) is 89.0 Å². The average molecular weight is 444 g/mol. The number of methoxy groups -OCH3 is 1. The molecule has 0 aliphatic carbocycles. The highest BCUT2D eigenvalue weighted by atomic mass is 16.5. The maximum atomic E-state index is 12.6. The van der Waals surface area contributed by atoms with Gasteiger partial charge in [-0.2, -0.15) is 0 Å². The van der Waals surface area contributed by atoms with Crippen molar-refractivity contribution in [2.75, 3.05) is 23.9 Å². The monoisotopic (exact) mass is 444 g/mol. The largest absolute Gasteiger partial charge is 0.495 e. The van der Waals surface area contributed by atoms with Gasteiger partial charge in [0.15, 0.2) is 6.61 Å². The van der Waals surface area contributed by atoms with Gasteiger partial charge >= 0.3 is 5.97 Å². The first-order chi connectivity index (χ1) is 15.9. The molecule has 3 aromatic carbocycles. The summed E-state index contributed by atoms with van der Waals surface area (Å²) in [5.74, 6) is -1.59. The van der Waals surface area contributed by atoms with E-state index in [4.69, 9.17) is 9.47 Å². The van der Waals surface area contributed by atoms with Crippen molar-refractivity contribution in [1.82, 2.24) is 0 Å². The normalized spacial score (nSPS) is 12.4. The maximum absolute atomic E-state index is 12.6. The first-order valence-corrected chi connectivity index (χ1v) is 10.1. The lowest BCUT2D eigenvalue weighted by atomic mass is 10.1. The number of carbonyl (C=O) groups excluding carboxylic acids is 4. The summed E-state index contributed by atoms with van der Waals surface area (Å²) in [6, 6.07) is 17.7. The van der Waals surface area contributed by atoms with Crippen molar-refractivity contribution in [2.24, 2.45) is 0 Å². The second kappa shape index (κ2) is 8.96. The summed E-state index contributed by atoms with van der Waals surface area (Å²) >= 11 is 0. The van der Waals surface area contributed by atoms with E-state index in [1.165, 1.54) is 31.4 Å². The number of imide groups is 1. The number of fused-ring (bicyclic) bond motifs is 1. The lowest BCUT2D eigenvalue weighted by Crippen LogP contribution is -2.29. The Kier molecular flexibility index (Phi) is 5.91. The Bertz CT molecular complexity index is 1230. The Morgan fingerprint density at radius 2 is 1.55 bits per heavy atom. The van der Waals surface area contributed by atoms with Crippen LogP contribution in [0.1, 0.15) is 36.6 Å². The Labute approximate surface area is 189 Å². The van der Waals surface area contributed by atoms with Crippen LogP contribution in [0.15, 0.2) is 66.7 Å². The predicted octanol–water partition coefficient (Wildman–Crippen LogP) is 3.60. The third-order valence-electron chi connectivity index (χ3n) is 5.12. The van der Waals surface area contributed by atoms with Gasteiger partial charge in [0.1, 0.15) is 5.75 Å². The number of carbonyl (C=O) groups is 4. The summed E-state index contributed by atoms with van der Waals surface area (Å²) in [5, 5.41) is 2.65. The highest BCUT2D eigenvalue weighted by Crippen LogP contribution is 2.28. The predicted molar refractivity (Wildman–Crippen MR) is 121 cm³/mol. The SMILES string of the molecule is COc1ccc(C)cc1NC(=O)COC(=O)c1ccc(N2C(=O)c3ccccc3C2=O)cc1. The highest BCUT2D eigenvalue weighted by molar-refractivity contribution is 6.34. The number of benzene rings is 3. The van der Waals surface area contributed by atoms with Crippen LogP contribution in [0.3, 0.4) is 0 Å². The molecule has 8 heteroatoms. The molecule has 166 valence electrons. The minimum Gasteiger partial charge on any atom is -0.495 e. The highest BCUT2D eigenvalue weighted by Gasteiger charge is 2.36. The fraction of sp³-hybridized carbons (Fsp3) is 0.120. The van der Waals surface area contributed by atoms with Gasteiger partial charge in [-0.15, -0.1) is 0 Å². The van der Waals surface area contributed by atoms with Gasteiger partial charge in [0, 0.05) is 0 Å². The van der Waals surface area contributed by atoms with E-state index in [2.05, 4.69) is 5.32 Å². The van der Waals surface area contributed by atoms with Crippen LogP contribution in [0, 0.1) is 6.92 Å². The fourth-order valence-electron chi connectivity index (χ4n) is 3.49. The van der Waals surface area contributed by atoms with Gasteiger partial charge < -0.3 is 14.8 Å². The zero-order valence-corrected chi connectivity index (χ0v) is 18.0. The van der Waals surface area contributed by atoms with Gasteiger partial charge in [-0.05, 0) is 61.0 Å². The average Bonchev–Trinajstić information content (AvgIpc) is 3.08. The zero-order chi connectivity index (χ0) is 23.5. The van der Waals surface area contributed by atoms with Crippen molar-refractivity contribution in [3.8, 4) is 5.75 Å². The van der Waals surface area contributed by atoms with Crippen LogP contribution in [0.2, 0.25) is 0 Å². The van der Waals surface area contributed by atoms with E-state index >= 15 is 0 Å². The summed E-state index contributed by atoms with van der Waals surface area (Å²) in [6.07, 6.45) is 0. The standard InChI is InChI=1S/C25H20N2O6/c1-15-7-12-21(32-2)20(13-15)26-22(28)14-33-25(31)16-8-10-17(11-9-16)27-23(29)18-5-3-4-6-19(18)24(27)30/h3-13H,14H2,1-2H3,(H,26,28). The number of esters is 1. The number of amides is 3. The molecule has 0 unspecified atom stereocenters. The molecular formula is C25H20N2O6. The number of nitrogens with one attached hydrogen (secondary N) is 1. The second-order valence-electron chi connectivity index (χ2n) is 7.37. The van der Waals surface area contributed by atoms with Gasteiger partial charge in [0.25, 0.3) is 17.7 Å². The van der Waals surface area contributed by atoms with E-state index in [-0.39, 0.29) is 5.56 Å². The molecule has 1 heterocycles. The molecule has 3 amide bonds. The molecule has 0 bridgehead atoms. The van der Waals surface area contributed by atoms with E-state index < -0.39 is 30.3 Å². The van der Waals surface area contributed by atoms with Gasteiger partial charge in [-0.3, -0.25) is 14.4 Å². The second-order valence-corrected chi connectivity index (χ2v) is 7.37. The van der Waals surface area contributed by atoms with Crippen LogP contribution < -0.4 is 15.0 Å². The number of ether oxygens (including phenoxy) is 2. The number of hydrogen-bond acceptors (Lipinski definition) is 6. The Balaban J connectivity index is 1.38. The molecule has 1 aliphatic rings. The van der Waals surface area contributed by atoms with Crippen LogP contribution in [-0.4, -0.2) is 37.4 Å². The first kappa shape index (κ1) is 21.8. The quantitative estimate of drug-likeness (QED) is 0.460. The van der Waals surface area contributed by atoms with Crippen LogP contribution in [0.5, 0.6) is 5.75 Å². The number of nitrogens with zero attached hydrogens (tertiary/aromatic N) is 1. The Hall–Kier alpha value is -4.46. The van der Waals surface area contributed by atoms with E-state index in [1.54, 1.807) is 36.4 Å². The smallest absolute Gasteiger partial charge is 0.338 e. The van der Waals surface area contributed by atoms with Crippen LogP contribution in [0.4, 0.5) is 11.4 Å². The van der Waals surface area contributed by atoms with E-state index in [9.17, 15) is 19.2 Å². The number of aryl methyl sites for hydroxylation is 1. The third kappa shape index (κ3) is 4.31. The fourth-order valence-corrected chi connectivity index (χ4v) is 3.49. The van der Waals surface area contributed by atoms with E-state index in [1.807, 2.05) is 13.0 Å². The van der Waals surface area contributed by atoms with Crippen molar-refractivity contribution >= 4 is 35.1 Å². The van der Waals surface area contributed by atoms with Crippen molar-refractivity contribution in [1.29, 1.82) is 0 Å². The molecule has 3 aromatic rings. The molecular weight excluding hydrogens is 424 g/mol. The number of hydrogen-bond donors (Lipinski definition) is 1. The van der Waals surface area contributed by atoms with Gasteiger partial charge in [0.05, 0.1) is 35.2 Å². The summed E-state index contributed by atoms with van der Waals surface area (Å²) in [7, 11) is 1.49. The molecule has 1 aliphatic heterocycles. The van der Waals surface area contributed by atoms with Crippen LogP contribution in [-0.2, 0) is 9.53 Å². The lowest BCUT2D eigenvalue weighted by Gasteiger charge is -2.14. The Morgan fingerprint density at radius 1 is 0.909 bits per heavy atom. The van der Waals surface area contributed by atoms with E-state index in [0.29, 0.717) is 28.3 Å². The van der Waals surface area contributed by atoms with Crippen molar-refractivity contribution in [3.63, 3.8) is 0 Å². The molecule has 0 saturated heterocycles. The minimum absolute atomic E-state index is 0.177.